The molecule has 0 radical (unpaired) electrons. The molecule has 0 spiro atoms. The molecule has 3 N–H and O–H groups in total. The third-order valence-electron chi connectivity index (χ3n) is 2.08. The smallest absolute Gasteiger partial charge is 0.173 e. The van der Waals surface area contributed by atoms with Crippen LogP contribution < -0.4 is 5.73 Å². The van der Waals surface area contributed by atoms with Crippen LogP contribution in [0.5, 0.6) is 5.06 Å². The van der Waals surface area contributed by atoms with Crippen molar-refractivity contribution in [2.24, 2.45) is 5.73 Å². The molecule has 0 aliphatic heterocycles. The highest BCUT2D eigenvalue weighted by Crippen LogP contribution is 2.37. The number of aromatic hydroxyl groups is 1. The number of carbonyl (C=O) groups excluding carboxylic acids is 1. The summed E-state index contributed by atoms with van der Waals surface area (Å²) in [4.78, 5) is 11.9. The lowest BCUT2D eigenvalue weighted by atomic mass is 9.94. The Labute approximate surface area is 73.8 Å². The van der Waals surface area contributed by atoms with Gasteiger partial charge in [-0.15, -0.1) is 0 Å². The third-order valence-corrected chi connectivity index (χ3v) is 3.08. The van der Waals surface area contributed by atoms with Crippen LogP contribution >= 0.6 is 11.3 Å². The fourth-order valence-electron chi connectivity index (χ4n) is 1.44. The fraction of sp³-hybridized carbons (Fsp3) is 0.375. The van der Waals surface area contributed by atoms with Gasteiger partial charge in [-0.1, -0.05) is 11.3 Å². The van der Waals surface area contributed by atoms with Crippen molar-refractivity contribution in [1.29, 1.82) is 0 Å². The van der Waals surface area contributed by atoms with Crippen molar-refractivity contribution < 1.29 is 9.90 Å². The SMILES string of the molecule is NC1CCC(=O)c2sc(O)cc21. The van der Waals surface area contributed by atoms with Crippen LogP contribution in [0.4, 0.5) is 0 Å². The van der Waals surface area contributed by atoms with Crippen LogP contribution in [0.15, 0.2) is 6.07 Å². The molecule has 1 aromatic rings. The molecule has 0 bridgehead atoms. The first-order valence-electron chi connectivity index (χ1n) is 3.80. The Kier molecular flexibility index (Phi) is 1.66. The van der Waals surface area contributed by atoms with Crippen molar-refractivity contribution in [3.63, 3.8) is 0 Å². The van der Waals surface area contributed by atoms with E-state index in [-0.39, 0.29) is 16.9 Å². The molecule has 1 aliphatic carbocycles. The minimum Gasteiger partial charge on any atom is -0.499 e. The van der Waals surface area contributed by atoms with Gasteiger partial charge in [0.15, 0.2) is 10.8 Å². The molecule has 1 atom stereocenters. The van der Waals surface area contributed by atoms with Crippen LogP contribution in [-0.4, -0.2) is 10.9 Å². The average Bonchev–Trinajstić information content (AvgIpc) is 2.41. The summed E-state index contributed by atoms with van der Waals surface area (Å²) in [6.45, 7) is 0. The summed E-state index contributed by atoms with van der Waals surface area (Å²) in [6.07, 6.45) is 1.20. The van der Waals surface area contributed by atoms with Crippen molar-refractivity contribution in [2.45, 2.75) is 18.9 Å². The number of hydrogen-bond donors (Lipinski definition) is 2. The lowest BCUT2D eigenvalue weighted by molar-refractivity contribution is 0.0972. The Bertz CT molecular complexity index is 332. The highest BCUT2D eigenvalue weighted by Gasteiger charge is 2.25. The predicted octanol–water partition coefficient (Wildman–Crippen LogP) is 1.43. The van der Waals surface area contributed by atoms with Crippen LogP contribution in [0.1, 0.15) is 34.1 Å². The molecule has 1 heterocycles. The maximum absolute atomic E-state index is 11.3. The topological polar surface area (TPSA) is 63.3 Å². The number of fused-ring (bicyclic) bond motifs is 1. The number of ketones is 1. The van der Waals surface area contributed by atoms with Gasteiger partial charge in [-0.05, 0) is 18.1 Å². The van der Waals surface area contributed by atoms with Gasteiger partial charge >= 0.3 is 0 Å². The van der Waals surface area contributed by atoms with Crippen molar-refractivity contribution >= 4 is 17.1 Å². The first-order chi connectivity index (χ1) is 5.68. The second kappa shape index (κ2) is 2.57. The van der Waals surface area contributed by atoms with Gasteiger partial charge in [-0.25, -0.2) is 0 Å². The van der Waals surface area contributed by atoms with Gasteiger partial charge in [0.1, 0.15) is 0 Å². The zero-order valence-corrected chi connectivity index (χ0v) is 7.23. The lowest BCUT2D eigenvalue weighted by Gasteiger charge is -2.16. The minimum atomic E-state index is -0.0742. The molecule has 1 aromatic heterocycles. The van der Waals surface area contributed by atoms with Gasteiger partial charge in [0, 0.05) is 12.5 Å². The van der Waals surface area contributed by atoms with Gasteiger partial charge in [0.05, 0.1) is 4.88 Å². The number of carbonyl (C=O) groups is 1. The van der Waals surface area contributed by atoms with E-state index < -0.39 is 0 Å². The number of thiophene rings is 1. The molecule has 0 saturated carbocycles. The van der Waals surface area contributed by atoms with Crippen LogP contribution in [0.25, 0.3) is 0 Å². The van der Waals surface area contributed by atoms with Gasteiger partial charge in [-0.3, -0.25) is 4.79 Å². The Morgan fingerprint density at radius 3 is 3.08 bits per heavy atom. The lowest BCUT2D eigenvalue weighted by Crippen LogP contribution is -2.19. The van der Waals surface area contributed by atoms with Gasteiger partial charge in [0.25, 0.3) is 0 Å². The molecule has 64 valence electrons. The average molecular weight is 183 g/mol. The molecule has 1 aliphatic rings. The molecule has 3 nitrogen and oxygen atoms in total. The van der Waals surface area contributed by atoms with Gasteiger partial charge < -0.3 is 10.8 Å². The minimum absolute atomic E-state index is 0.0742. The van der Waals surface area contributed by atoms with Crippen molar-refractivity contribution in [2.75, 3.05) is 0 Å². The standard InChI is InChI=1S/C8H9NO2S/c9-5-1-2-6(10)8-4(5)3-7(11)12-8/h3,5,11H,1-2,9H2. The second-order valence-corrected chi connectivity index (χ2v) is 3.97. The van der Waals surface area contributed by atoms with Crippen LogP contribution in [0.3, 0.4) is 0 Å². The number of hydrogen-bond acceptors (Lipinski definition) is 4. The summed E-state index contributed by atoms with van der Waals surface area (Å²) in [5.74, 6) is 0.108. The largest absolute Gasteiger partial charge is 0.499 e. The summed E-state index contributed by atoms with van der Waals surface area (Å²) >= 11 is 1.13. The Morgan fingerprint density at radius 2 is 2.42 bits per heavy atom. The summed E-state index contributed by atoms with van der Waals surface area (Å²) in [5, 5.41) is 9.36. The molecule has 0 fully saturated rings. The quantitative estimate of drug-likeness (QED) is 0.639. The summed E-state index contributed by atoms with van der Waals surface area (Å²) < 4.78 is 0. The number of rotatable bonds is 0. The van der Waals surface area contributed by atoms with E-state index in [2.05, 4.69) is 0 Å². The molecule has 2 rings (SSSR count). The van der Waals surface area contributed by atoms with E-state index in [0.717, 1.165) is 16.9 Å². The van der Waals surface area contributed by atoms with E-state index >= 15 is 0 Å². The summed E-state index contributed by atoms with van der Waals surface area (Å²) in [6, 6.07) is 1.52. The fourth-order valence-corrected chi connectivity index (χ4v) is 2.38. The first-order valence-corrected chi connectivity index (χ1v) is 4.61. The van der Waals surface area contributed by atoms with E-state index in [4.69, 9.17) is 5.73 Å². The van der Waals surface area contributed by atoms with Crippen LogP contribution in [-0.2, 0) is 0 Å². The molecule has 0 amide bonds. The van der Waals surface area contributed by atoms with E-state index in [1.165, 1.54) is 0 Å². The summed E-state index contributed by atoms with van der Waals surface area (Å²) in [5.41, 5.74) is 6.58. The molecule has 1 unspecified atom stereocenters. The maximum Gasteiger partial charge on any atom is 0.173 e. The highest BCUT2D eigenvalue weighted by atomic mass is 32.1. The van der Waals surface area contributed by atoms with Crippen LogP contribution in [0.2, 0.25) is 0 Å². The second-order valence-electron chi connectivity index (χ2n) is 2.94. The molecule has 0 aromatic carbocycles. The molecule has 12 heavy (non-hydrogen) atoms. The first kappa shape index (κ1) is 7.76. The summed E-state index contributed by atoms with van der Waals surface area (Å²) in [7, 11) is 0. The zero-order chi connectivity index (χ0) is 8.72. The monoisotopic (exact) mass is 183 g/mol. The molecular formula is C8H9NO2S. The molecular weight excluding hydrogens is 174 g/mol. The Balaban J connectivity index is 2.54. The van der Waals surface area contributed by atoms with Crippen molar-refractivity contribution in [3.8, 4) is 5.06 Å². The number of nitrogens with two attached hydrogens (primary N) is 1. The third kappa shape index (κ3) is 1.04. The van der Waals surface area contributed by atoms with Crippen LogP contribution in [0, 0.1) is 0 Å². The van der Waals surface area contributed by atoms with E-state index in [1.54, 1.807) is 6.07 Å². The Morgan fingerprint density at radius 1 is 1.67 bits per heavy atom. The molecule has 4 heteroatoms. The van der Waals surface area contributed by atoms with Crippen molar-refractivity contribution in [1.82, 2.24) is 0 Å². The number of Topliss-reactive ketones (excluding diaryl/α,β-unsaturated/α-hetero) is 1. The van der Waals surface area contributed by atoms with Gasteiger partial charge in [-0.2, -0.15) is 0 Å². The normalized spacial score (nSPS) is 22.4. The Hall–Kier alpha value is -0.870. The van der Waals surface area contributed by atoms with E-state index in [1.807, 2.05) is 0 Å². The highest BCUT2D eigenvalue weighted by molar-refractivity contribution is 7.16. The predicted molar refractivity (Wildman–Crippen MR) is 46.5 cm³/mol. The van der Waals surface area contributed by atoms with Crippen molar-refractivity contribution in [3.05, 3.63) is 16.5 Å². The maximum atomic E-state index is 11.3. The van der Waals surface area contributed by atoms with E-state index in [9.17, 15) is 9.90 Å². The molecule has 0 saturated heterocycles. The van der Waals surface area contributed by atoms with E-state index in [0.29, 0.717) is 17.7 Å². The zero-order valence-electron chi connectivity index (χ0n) is 6.41. The van der Waals surface area contributed by atoms with Gasteiger partial charge in [0.2, 0.25) is 0 Å².